The Kier molecular flexibility index (Phi) is 11.9. The average molecular weight is 205 g/mol. The third-order valence-corrected chi connectivity index (χ3v) is 2.05. The number of allylic oxidation sites excluding steroid dienone is 1. The van der Waals surface area contributed by atoms with Crippen LogP contribution >= 0.6 is 12.0 Å². The van der Waals surface area contributed by atoms with Gasteiger partial charge in [0.25, 0.3) is 0 Å². The summed E-state index contributed by atoms with van der Waals surface area (Å²) in [5.41, 5.74) is 0. The van der Waals surface area contributed by atoms with E-state index in [9.17, 15) is 0 Å². The van der Waals surface area contributed by atoms with E-state index in [1.165, 1.54) is 19.2 Å². The third kappa shape index (κ3) is 12.0. The molecule has 13 heavy (non-hydrogen) atoms. The van der Waals surface area contributed by atoms with E-state index in [0.29, 0.717) is 0 Å². The second-order valence-electron chi connectivity index (χ2n) is 2.49. The molecule has 0 saturated carbocycles. The van der Waals surface area contributed by atoms with Crippen molar-refractivity contribution in [1.29, 1.82) is 0 Å². The fourth-order valence-corrected chi connectivity index (χ4v) is 1.20. The normalized spacial score (nSPS) is 11.2. The van der Waals surface area contributed by atoms with Crippen LogP contribution in [0.15, 0.2) is 12.2 Å². The van der Waals surface area contributed by atoms with Crippen LogP contribution in [0.2, 0.25) is 0 Å². The van der Waals surface area contributed by atoms with Gasteiger partial charge in [-0.3, -0.25) is 0 Å². The molecule has 0 aliphatic carbocycles. The van der Waals surface area contributed by atoms with Crippen LogP contribution in [0.25, 0.3) is 0 Å². The Morgan fingerprint density at radius 1 is 1.38 bits per heavy atom. The van der Waals surface area contributed by atoms with E-state index in [-0.39, 0.29) is 0 Å². The maximum absolute atomic E-state index is 4.65. The maximum atomic E-state index is 4.65. The van der Waals surface area contributed by atoms with E-state index in [4.69, 9.17) is 0 Å². The molecule has 0 bridgehead atoms. The highest BCUT2D eigenvalue weighted by molar-refractivity contribution is 7.94. The lowest BCUT2D eigenvalue weighted by Gasteiger charge is -2.00. The summed E-state index contributed by atoms with van der Waals surface area (Å²) in [6.07, 6.45) is 6.52. The molecule has 0 amide bonds. The Balaban J connectivity index is 2.87. The molecule has 78 valence electrons. The van der Waals surface area contributed by atoms with Gasteiger partial charge >= 0.3 is 0 Å². The quantitative estimate of drug-likeness (QED) is 0.205. The molecule has 0 saturated heterocycles. The van der Waals surface area contributed by atoms with E-state index in [2.05, 4.69) is 33.6 Å². The number of rotatable bonds is 9. The van der Waals surface area contributed by atoms with Crippen LogP contribution in [0.4, 0.5) is 0 Å². The first-order valence-electron chi connectivity index (χ1n) is 4.59. The van der Waals surface area contributed by atoms with Crippen molar-refractivity contribution in [2.45, 2.75) is 19.8 Å². The number of hydrogen-bond acceptors (Lipinski definition) is 4. The van der Waals surface area contributed by atoms with Gasteiger partial charge in [0.2, 0.25) is 0 Å². The summed E-state index contributed by atoms with van der Waals surface area (Å²) in [7, 11) is 1.51. The molecule has 0 rings (SSSR count). The second kappa shape index (κ2) is 12.0. The standard InChI is InChI=1S/C9H19NO2S/c1-3-4-5-7-10-8-6-9-13-12-11-2/h4-5,10H,3,6-9H2,1-2H3. The van der Waals surface area contributed by atoms with Crippen molar-refractivity contribution in [3.05, 3.63) is 12.2 Å². The summed E-state index contributed by atoms with van der Waals surface area (Å²) < 4.78 is 4.65. The molecule has 0 spiro atoms. The third-order valence-electron chi connectivity index (χ3n) is 1.36. The summed E-state index contributed by atoms with van der Waals surface area (Å²) in [6, 6.07) is 0. The summed E-state index contributed by atoms with van der Waals surface area (Å²) in [4.78, 5) is 4.43. The Morgan fingerprint density at radius 3 is 2.92 bits per heavy atom. The van der Waals surface area contributed by atoms with Crippen molar-refractivity contribution >= 4 is 12.0 Å². The molecule has 0 aliphatic rings. The van der Waals surface area contributed by atoms with Crippen molar-refractivity contribution in [1.82, 2.24) is 5.32 Å². The fraction of sp³-hybridized carbons (Fsp3) is 0.778. The maximum Gasteiger partial charge on any atom is 0.0725 e. The first-order valence-corrected chi connectivity index (χ1v) is 5.50. The minimum absolute atomic E-state index is 0.957. The van der Waals surface area contributed by atoms with Crippen molar-refractivity contribution < 1.29 is 9.22 Å². The summed E-state index contributed by atoms with van der Waals surface area (Å²) >= 11 is 1.34. The molecule has 4 heteroatoms. The van der Waals surface area contributed by atoms with Crippen molar-refractivity contribution in [3.63, 3.8) is 0 Å². The molecule has 0 radical (unpaired) electrons. The van der Waals surface area contributed by atoms with E-state index < -0.39 is 0 Å². The predicted octanol–water partition coefficient (Wildman–Crippen LogP) is 2.16. The fourth-order valence-electron chi connectivity index (χ4n) is 0.774. The van der Waals surface area contributed by atoms with Crippen LogP contribution in [0, 0.1) is 0 Å². The van der Waals surface area contributed by atoms with Crippen LogP contribution in [0.5, 0.6) is 0 Å². The Morgan fingerprint density at radius 2 is 2.23 bits per heavy atom. The zero-order valence-corrected chi connectivity index (χ0v) is 9.23. The van der Waals surface area contributed by atoms with E-state index in [1.54, 1.807) is 0 Å². The lowest BCUT2D eigenvalue weighted by molar-refractivity contribution is -0.160. The van der Waals surface area contributed by atoms with Crippen LogP contribution in [0.1, 0.15) is 19.8 Å². The molecule has 0 unspecified atom stereocenters. The largest absolute Gasteiger partial charge is 0.313 e. The smallest absolute Gasteiger partial charge is 0.0725 e. The molecular formula is C9H19NO2S. The lowest BCUT2D eigenvalue weighted by atomic mass is 10.4. The predicted molar refractivity (Wildman–Crippen MR) is 57.5 cm³/mol. The molecular weight excluding hydrogens is 186 g/mol. The highest BCUT2D eigenvalue weighted by Crippen LogP contribution is 2.02. The van der Waals surface area contributed by atoms with Gasteiger partial charge in [-0.25, -0.2) is 4.89 Å². The molecule has 3 nitrogen and oxygen atoms in total. The molecule has 0 aliphatic heterocycles. The Hall–Kier alpha value is -0.0300. The number of hydrogen-bond donors (Lipinski definition) is 1. The summed E-state index contributed by atoms with van der Waals surface area (Å²) in [6.45, 7) is 4.12. The van der Waals surface area contributed by atoms with E-state index in [0.717, 1.165) is 31.7 Å². The Labute approximate surface area is 85.0 Å². The van der Waals surface area contributed by atoms with Gasteiger partial charge in [0.1, 0.15) is 0 Å². The molecule has 0 aromatic heterocycles. The molecule has 0 aromatic carbocycles. The first kappa shape index (κ1) is 13.0. The van der Waals surface area contributed by atoms with Crippen LogP contribution in [0.3, 0.4) is 0 Å². The lowest BCUT2D eigenvalue weighted by Crippen LogP contribution is -2.15. The van der Waals surface area contributed by atoms with Gasteiger partial charge in [-0.1, -0.05) is 19.1 Å². The summed E-state index contributed by atoms with van der Waals surface area (Å²) in [5, 5.41) is 3.30. The minimum Gasteiger partial charge on any atom is -0.313 e. The average Bonchev–Trinajstić information content (AvgIpc) is 2.16. The SMILES string of the molecule is CCC=CCNCCCSOOC. The van der Waals surface area contributed by atoms with Gasteiger partial charge in [0.05, 0.1) is 7.11 Å². The van der Waals surface area contributed by atoms with Crippen molar-refractivity contribution in [2.24, 2.45) is 0 Å². The monoisotopic (exact) mass is 205 g/mol. The van der Waals surface area contributed by atoms with Gasteiger partial charge < -0.3 is 5.32 Å². The molecule has 0 aromatic rings. The van der Waals surface area contributed by atoms with Crippen LogP contribution in [-0.2, 0) is 9.22 Å². The van der Waals surface area contributed by atoms with Gasteiger partial charge in [0.15, 0.2) is 0 Å². The topological polar surface area (TPSA) is 30.5 Å². The van der Waals surface area contributed by atoms with E-state index in [1.807, 2.05) is 0 Å². The van der Waals surface area contributed by atoms with Crippen molar-refractivity contribution in [3.8, 4) is 0 Å². The summed E-state index contributed by atoms with van der Waals surface area (Å²) in [5.74, 6) is 0.957. The molecule has 0 heterocycles. The van der Waals surface area contributed by atoms with Crippen LogP contribution < -0.4 is 5.32 Å². The minimum atomic E-state index is 0.957. The second-order valence-corrected chi connectivity index (χ2v) is 3.27. The zero-order valence-electron chi connectivity index (χ0n) is 8.41. The highest BCUT2D eigenvalue weighted by atomic mass is 32.2. The Bertz CT molecular complexity index is 120. The van der Waals surface area contributed by atoms with Gasteiger partial charge in [-0.15, -0.1) is 0 Å². The first-order chi connectivity index (χ1) is 6.41. The van der Waals surface area contributed by atoms with E-state index >= 15 is 0 Å². The molecule has 0 fully saturated rings. The number of nitrogens with one attached hydrogen (secondary N) is 1. The van der Waals surface area contributed by atoms with Gasteiger partial charge in [-0.2, -0.15) is 4.33 Å². The van der Waals surface area contributed by atoms with Gasteiger partial charge in [0, 0.05) is 24.3 Å². The highest BCUT2D eigenvalue weighted by Gasteiger charge is 1.88. The molecule has 1 N–H and O–H groups in total. The van der Waals surface area contributed by atoms with Gasteiger partial charge in [-0.05, 0) is 19.4 Å². The zero-order chi connectivity index (χ0) is 9.78. The van der Waals surface area contributed by atoms with Crippen LogP contribution in [-0.4, -0.2) is 26.0 Å². The molecule has 0 atom stereocenters. The van der Waals surface area contributed by atoms with Crippen molar-refractivity contribution in [2.75, 3.05) is 26.0 Å².